The van der Waals surface area contributed by atoms with E-state index in [0.29, 0.717) is 11.0 Å². The van der Waals surface area contributed by atoms with Crippen molar-refractivity contribution in [3.8, 4) is 0 Å². The molecule has 0 aliphatic heterocycles. The third kappa shape index (κ3) is 4.42. The molecule has 0 aromatic rings. The van der Waals surface area contributed by atoms with E-state index in [-0.39, 0.29) is 0 Å². The third-order valence-corrected chi connectivity index (χ3v) is 7.60. The van der Waals surface area contributed by atoms with E-state index in [4.69, 9.17) is 4.43 Å². The molecule has 0 unspecified atom stereocenters. The van der Waals surface area contributed by atoms with Crippen LogP contribution in [0.15, 0.2) is 12.7 Å². The van der Waals surface area contributed by atoms with Crippen molar-refractivity contribution in [3.63, 3.8) is 0 Å². The monoisotopic (exact) mass is 214 g/mol. The number of allylic oxidation sites excluding steroid dienone is 1. The van der Waals surface area contributed by atoms with Crippen LogP contribution in [-0.4, -0.2) is 14.9 Å². The van der Waals surface area contributed by atoms with E-state index < -0.39 is 8.32 Å². The molecule has 0 aliphatic rings. The highest BCUT2D eigenvalue weighted by molar-refractivity contribution is 6.74. The Morgan fingerprint density at radius 3 is 2.21 bits per heavy atom. The van der Waals surface area contributed by atoms with Crippen LogP contribution in [0.5, 0.6) is 0 Å². The SMILES string of the molecule is C=CC[C@H](C)CO[Si](C)(C)C(C)(C)C. The third-order valence-electron chi connectivity index (χ3n) is 3.10. The fourth-order valence-corrected chi connectivity index (χ4v) is 2.05. The zero-order valence-corrected chi connectivity index (χ0v) is 11.7. The van der Waals surface area contributed by atoms with Gasteiger partial charge >= 0.3 is 0 Å². The Hall–Kier alpha value is -0.0831. The average Bonchev–Trinajstić information content (AvgIpc) is 1.99. The maximum Gasteiger partial charge on any atom is 0.191 e. The molecule has 0 aromatic heterocycles. The highest BCUT2D eigenvalue weighted by atomic mass is 28.4. The van der Waals surface area contributed by atoms with Gasteiger partial charge in [0.25, 0.3) is 0 Å². The van der Waals surface area contributed by atoms with Crippen LogP contribution < -0.4 is 0 Å². The molecule has 0 heterocycles. The number of hydrogen-bond acceptors (Lipinski definition) is 1. The summed E-state index contributed by atoms with van der Waals surface area (Å²) in [6, 6.07) is 0. The van der Waals surface area contributed by atoms with Crippen molar-refractivity contribution in [1.29, 1.82) is 0 Å². The Morgan fingerprint density at radius 1 is 1.36 bits per heavy atom. The van der Waals surface area contributed by atoms with E-state index in [1.807, 2.05) is 6.08 Å². The Bertz CT molecular complexity index is 179. The lowest BCUT2D eigenvalue weighted by Crippen LogP contribution is -2.41. The van der Waals surface area contributed by atoms with Crippen LogP contribution in [0.4, 0.5) is 0 Å². The average molecular weight is 214 g/mol. The summed E-state index contributed by atoms with van der Waals surface area (Å²) in [5, 5.41) is 0.320. The summed E-state index contributed by atoms with van der Waals surface area (Å²) in [5.74, 6) is 0.599. The first-order valence-electron chi connectivity index (χ1n) is 5.45. The summed E-state index contributed by atoms with van der Waals surface area (Å²) in [6.45, 7) is 18.3. The second kappa shape index (κ2) is 5.13. The summed E-state index contributed by atoms with van der Waals surface area (Å²) < 4.78 is 6.10. The van der Waals surface area contributed by atoms with E-state index in [2.05, 4.69) is 47.4 Å². The second-order valence-electron chi connectivity index (χ2n) is 5.70. The molecule has 14 heavy (non-hydrogen) atoms. The molecule has 84 valence electrons. The standard InChI is InChI=1S/C12H26OSi/c1-8-9-11(2)10-13-14(6,7)12(3,4)5/h8,11H,1,9-10H2,2-7H3/t11-/m0/s1. The lowest BCUT2D eigenvalue weighted by Gasteiger charge is -2.36. The molecule has 2 heteroatoms. The minimum atomic E-state index is -1.53. The normalized spacial score (nSPS) is 15.3. The summed E-state index contributed by atoms with van der Waals surface area (Å²) >= 11 is 0. The van der Waals surface area contributed by atoms with Crippen LogP contribution in [0, 0.1) is 5.92 Å². The van der Waals surface area contributed by atoms with Gasteiger partial charge in [0.2, 0.25) is 0 Å². The van der Waals surface area contributed by atoms with E-state index in [1.54, 1.807) is 0 Å². The Kier molecular flexibility index (Phi) is 5.10. The molecule has 0 spiro atoms. The number of hydrogen-bond donors (Lipinski definition) is 0. The summed E-state index contributed by atoms with van der Waals surface area (Å²) in [5.41, 5.74) is 0. The molecule has 0 aliphatic carbocycles. The van der Waals surface area contributed by atoms with Crippen LogP contribution >= 0.6 is 0 Å². The van der Waals surface area contributed by atoms with Crippen molar-refractivity contribution < 1.29 is 4.43 Å². The van der Waals surface area contributed by atoms with Crippen LogP contribution in [-0.2, 0) is 4.43 Å². The second-order valence-corrected chi connectivity index (χ2v) is 10.5. The van der Waals surface area contributed by atoms with Gasteiger partial charge in [-0.25, -0.2) is 0 Å². The maximum absolute atomic E-state index is 6.10. The zero-order chi connectivity index (χ0) is 11.4. The Labute approximate surface area is 90.7 Å². The van der Waals surface area contributed by atoms with Crippen molar-refractivity contribution in [1.82, 2.24) is 0 Å². The first-order chi connectivity index (χ1) is 6.20. The molecule has 0 rings (SSSR count). The van der Waals surface area contributed by atoms with Gasteiger partial charge < -0.3 is 4.43 Å². The van der Waals surface area contributed by atoms with Gasteiger partial charge in [0.1, 0.15) is 0 Å². The van der Waals surface area contributed by atoms with Gasteiger partial charge in [-0.15, -0.1) is 6.58 Å². The van der Waals surface area contributed by atoms with Crippen molar-refractivity contribution in [2.75, 3.05) is 6.61 Å². The number of rotatable bonds is 5. The predicted octanol–water partition coefficient (Wildman–Crippen LogP) is 4.22. The van der Waals surface area contributed by atoms with Crippen LogP contribution in [0.1, 0.15) is 34.1 Å². The largest absolute Gasteiger partial charge is 0.417 e. The van der Waals surface area contributed by atoms with E-state index in [0.717, 1.165) is 13.0 Å². The minimum Gasteiger partial charge on any atom is -0.417 e. The van der Waals surface area contributed by atoms with Gasteiger partial charge in [-0.2, -0.15) is 0 Å². The van der Waals surface area contributed by atoms with Gasteiger partial charge in [-0.3, -0.25) is 0 Å². The molecule has 0 amide bonds. The molecule has 0 aromatic carbocycles. The lowest BCUT2D eigenvalue weighted by molar-refractivity contribution is 0.238. The quantitative estimate of drug-likeness (QED) is 0.492. The van der Waals surface area contributed by atoms with E-state index in [9.17, 15) is 0 Å². The van der Waals surface area contributed by atoms with Gasteiger partial charge in [-0.1, -0.05) is 33.8 Å². The van der Waals surface area contributed by atoms with E-state index in [1.165, 1.54) is 0 Å². The highest BCUT2D eigenvalue weighted by Gasteiger charge is 2.37. The van der Waals surface area contributed by atoms with Gasteiger partial charge in [-0.05, 0) is 30.5 Å². The molecule has 1 atom stereocenters. The molecule has 0 N–H and O–H groups in total. The van der Waals surface area contributed by atoms with Gasteiger partial charge in [0.05, 0.1) is 0 Å². The van der Waals surface area contributed by atoms with Crippen molar-refractivity contribution in [2.45, 2.75) is 52.2 Å². The van der Waals surface area contributed by atoms with Gasteiger partial charge in [0, 0.05) is 6.61 Å². The molecule has 0 radical (unpaired) electrons. The molecule has 1 nitrogen and oxygen atoms in total. The molecule has 0 saturated heterocycles. The lowest BCUT2D eigenvalue weighted by atomic mass is 10.1. The smallest absolute Gasteiger partial charge is 0.191 e. The van der Waals surface area contributed by atoms with E-state index >= 15 is 0 Å². The van der Waals surface area contributed by atoms with Gasteiger partial charge in [0.15, 0.2) is 8.32 Å². The van der Waals surface area contributed by atoms with Crippen LogP contribution in [0.3, 0.4) is 0 Å². The molecule has 0 bridgehead atoms. The van der Waals surface area contributed by atoms with Crippen LogP contribution in [0.25, 0.3) is 0 Å². The maximum atomic E-state index is 6.10. The van der Waals surface area contributed by atoms with Crippen molar-refractivity contribution in [3.05, 3.63) is 12.7 Å². The fourth-order valence-electron chi connectivity index (χ4n) is 0.920. The Morgan fingerprint density at radius 2 is 1.86 bits per heavy atom. The van der Waals surface area contributed by atoms with Crippen molar-refractivity contribution in [2.24, 2.45) is 5.92 Å². The topological polar surface area (TPSA) is 9.23 Å². The summed E-state index contributed by atoms with van der Waals surface area (Å²) in [4.78, 5) is 0. The first kappa shape index (κ1) is 13.9. The van der Waals surface area contributed by atoms with Crippen molar-refractivity contribution >= 4 is 8.32 Å². The molecular formula is C12H26OSi. The predicted molar refractivity (Wildman–Crippen MR) is 67.1 cm³/mol. The first-order valence-corrected chi connectivity index (χ1v) is 8.36. The summed E-state index contributed by atoms with van der Waals surface area (Å²) in [7, 11) is -1.53. The molecule has 0 fully saturated rings. The van der Waals surface area contributed by atoms with Crippen LogP contribution in [0.2, 0.25) is 18.1 Å². The molecule has 0 saturated carbocycles. The minimum absolute atomic E-state index is 0.320. The summed E-state index contributed by atoms with van der Waals surface area (Å²) in [6.07, 6.45) is 3.02. The zero-order valence-electron chi connectivity index (χ0n) is 10.7. The Balaban J connectivity index is 4.05. The molecular weight excluding hydrogens is 188 g/mol. The fraction of sp³-hybridized carbons (Fsp3) is 0.833. The highest BCUT2D eigenvalue weighted by Crippen LogP contribution is 2.36.